The van der Waals surface area contributed by atoms with E-state index in [-0.39, 0.29) is 5.91 Å². The highest BCUT2D eigenvalue weighted by Crippen LogP contribution is 2.25. The molecule has 1 aliphatic rings. The molecular weight excluding hydrogens is 396 g/mol. The Hall–Kier alpha value is -3.37. The number of nitrogens with one attached hydrogen (secondary N) is 1. The van der Waals surface area contributed by atoms with Gasteiger partial charge in [0.2, 0.25) is 0 Å². The van der Waals surface area contributed by atoms with E-state index < -0.39 is 0 Å². The number of nitrogens with zero attached hydrogens (tertiary/aromatic N) is 1. The Balaban J connectivity index is 1.34. The molecule has 1 aliphatic heterocycles. The molecule has 164 valence electrons. The molecule has 0 unspecified atom stereocenters. The maximum atomic E-state index is 12.9. The van der Waals surface area contributed by atoms with E-state index in [2.05, 4.69) is 52.7 Å². The summed E-state index contributed by atoms with van der Waals surface area (Å²) in [7, 11) is 1.70. The summed E-state index contributed by atoms with van der Waals surface area (Å²) < 4.78 is 5.39. The molecule has 32 heavy (non-hydrogen) atoms. The van der Waals surface area contributed by atoms with E-state index in [4.69, 9.17) is 4.74 Å². The smallest absolute Gasteiger partial charge is 0.251 e. The molecule has 0 aliphatic carbocycles. The van der Waals surface area contributed by atoms with Crippen molar-refractivity contribution in [2.75, 3.05) is 20.2 Å². The van der Waals surface area contributed by atoms with Gasteiger partial charge in [0.25, 0.3) is 5.91 Å². The topological polar surface area (TPSA) is 41.6 Å². The molecule has 4 rings (SSSR count). The summed E-state index contributed by atoms with van der Waals surface area (Å²) in [5.74, 6) is 0.888. The lowest BCUT2D eigenvalue weighted by Crippen LogP contribution is -2.31. The van der Waals surface area contributed by atoms with Gasteiger partial charge in [-0.3, -0.25) is 9.69 Å². The number of rotatable bonds is 8. The van der Waals surface area contributed by atoms with Crippen molar-refractivity contribution in [1.82, 2.24) is 10.2 Å². The van der Waals surface area contributed by atoms with Gasteiger partial charge in [-0.05, 0) is 53.3 Å². The molecule has 1 N–H and O–H groups in total. The second kappa shape index (κ2) is 10.8. The van der Waals surface area contributed by atoms with E-state index in [1.54, 1.807) is 7.11 Å². The van der Waals surface area contributed by atoms with Crippen LogP contribution in [0, 0.1) is 0 Å². The molecule has 4 nitrogen and oxygen atoms in total. The molecule has 3 aromatic carbocycles. The maximum Gasteiger partial charge on any atom is 0.251 e. The molecule has 3 aromatic rings. The van der Waals surface area contributed by atoms with Gasteiger partial charge in [-0.2, -0.15) is 0 Å². The Kier molecular flexibility index (Phi) is 7.36. The first-order valence-electron chi connectivity index (χ1n) is 11.2. The summed E-state index contributed by atoms with van der Waals surface area (Å²) in [6.45, 7) is 3.23. The molecule has 1 heterocycles. The quantitative estimate of drug-likeness (QED) is 0.510. The minimum absolute atomic E-state index is 0.00668. The Morgan fingerprint density at radius 1 is 1.03 bits per heavy atom. The van der Waals surface area contributed by atoms with E-state index >= 15 is 0 Å². The largest absolute Gasteiger partial charge is 0.497 e. The van der Waals surface area contributed by atoms with E-state index in [0.717, 1.165) is 49.4 Å². The molecule has 0 atom stereocenters. The molecule has 0 aromatic heterocycles. The van der Waals surface area contributed by atoms with Crippen LogP contribution in [-0.4, -0.2) is 31.0 Å². The molecule has 0 radical (unpaired) electrons. The predicted molar refractivity (Wildman–Crippen MR) is 130 cm³/mol. The van der Waals surface area contributed by atoms with Crippen molar-refractivity contribution in [3.05, 3.63) is 107 Å². The number of benzene rings is 3. The first-order chi connectivity index (χ1) is 15.7. The Morgan fingerprint density at radius 3 is 2.69 bits per heavy atom. The fourth-order valence-corrected chi connectivity index (χ4v) is 4.12. The lowest BCUT2D eigenvalue weighted by molar-refractivity contribution is 0.0952. The lowest BCUT2D eigenvalue weighted by Gasteiger charge is -2.29. The zero-order valence-corrected chi connectivity index (χ0v) is 18.6. The third kappa shape index (κ3) is 5.65. The zero-order chi connectivity index (χ0) is 22.2. The number of ether oxygens (including phenoxy) is 1. The van der Waals surface area contributed by atoms with Crippen molar-refractivity contribution < 1.29 is 9.53 Å². The normalized spacial score (nSPS) is 13.7. The van der Waals surface area contributed by atoms with Crippen LogP contribution in [0.1, 0.15) is 39.0 Å². The first kappa shape index (κ1) is 21.8. The number of hydrogen-bond acceptors (Lipinski definition) is 3. The molecule has 0 saturated heterocycles. The molecular formula is C28H30N2O2. The zero-order valence-electron chi connectivity index (χ0n) is 18.6. The SMILES string of the molecule is COc1ccc2c(c1)CN(Cc1ccccc1C(=O)NCC/C=C/c1ccccc1)CC2. The third-order valence-electron chi connectivity index (χ3n) is 5.87. The summed E-state index contributed by atoms with van der Waals surface area (Å²) in [6.07, 6.45) is 6.00. The summed E-state index contributed by atoms with van der Waals surface area (Å²) in [4.78, 5) is 15.3. The van der Waals surface area contributed by atoms with Gasteiger partial charge in [0, 0.05) is 31.7 Å². The van der Waals surface area contributed by atoms with Crippen LogP contribution >= 0.6 is 0 Å². The van der Waals surface area contributed by atoms with Crippen LogP contribution in [-0.2, 0) is 19.5 Å². The minimum Gasteiger partial charge on any atom is -0.497 e. The highest BCUT2D eigenvalue weighted by molar-refractivity contribution is 5.95. The molecule has 4 heteroatoms. The van der Waals surface area contributed by atoms with Gasteiger partial charge in [-0.15, -0.1) is 0 Å². The number of fused-ring (bicyclic) bond motifs is 1. The van der Waals surface area contributed by atoms with E-state index in [1.165, 1.54) is 16.7 Å². The van der Waals surface area contributed by atoms with Crippen LogP contribution in [0.15, 0.2) is 78.9 Å². The predicted octanol–water partition coefficient (Wildman–Crippen LogP) is 5.09. The highest BCUT2D eigenvalue weighted by Gasteiger charge is 2.19. The fourth-order valence-electron chi connectivity index (χ4n) is 4.12. The lowest BCUT2D eigenvalue weighted by atomic mass is 9.98. The van der Waals surface area contributed by atoms with Gasteiger partial charge in [-0.25, -0.2) is 0 Å². The molecule has 0 fully saturated rings. The van der Waals surface area contributed by atoms with Crippen molar-refractivity contribution in [2.45, 2.75) is 25.9 Å². The van der Waals surface area contributed by atoms with Crippen molar-refractivity contribution >= 4 is 12.0 Å². The van der Waals surface area contributed by atoms with E-state index in [9.17, 15) is 4.79 Å². The number of hydrogen-bond donors (Lipinski definition) is 1. The van der Waals surface area contributed by atoms with Crippen LogP contribution in [0.5, 0.6) is 5.75 Å². The monoisotopic (exact) mass is 426 g/mol. The van der Waals surface area contributed by atoms with Gasteiger partial charge in [0.15, 0.2) is 0 Å². The number of amides is 1. The van der Waals surface area contributed by atoms with Crippen LogP contribution in [0.25, 0.3) is 6.08 Å². The van der Waals surface area contributed by atoms with Gasteiger partial charge in [0.1, 0.15) is 5.75 Å². The van der Waals surface area contributed by atoms with Crippen LogP contribution in [0.4, 0.5) is 0 Å². The summed E-state index contributed by atoms with van der Waals surface area (Å²) in [5.41, 5.74) is 5.69. The molecule has 0 saturated carbocycles. The average molecular weight is 427 g/mol. The molecule has 0 bridgehead atoms. The second-order valence-corrected chi connectivity index (χ2v) is 8.11. The van der Waals surface area contributed by atoms with Crippen LogP contribution < -0.4 is 10.1 Å². The standard InChI is InChI=1S/C28H30N2O2/c1-32-26-15-14-23-16-18-30(21-25(23)19-26)20-24-12-5-6-13-27(24)28(31)29-17-8-7-11-22-9-3-2-4-10-22/h2-7,9-15,19H,8,16-18,20-21H2,1H3,(H,29,31)/b11-7+. The third-order valence-corrected chi connectivity index (χ3v) is 5.87. The van der Waals surface area contributed by atoms with Crippen LogP contribution in [0.2, 0.25) is 0 Å². The van der Waals surface area contributed by atoms with E-state index in [0.29, 0.717) is 6.54 Å². The Labute approximate surface area is 190 Å². The van der Waals surface area contributed by atoms with Gasteiger partial charge in [0.05, 0.1) is 7.11 Å². The highest BCUT2D eigenvalue weighted by atomic mass is 16.5. The Morgan fingerprint density at radius 2 is 1.84 bits per heavy atom. The minimum atomic E-state index is -0.00668. The number of methoxy groups -OCH3 is 1. The van der Waals surface area contributed by atoms with Crippen molar-refractivity contribution in [3.63, 3.8) is 0 Å². The molecule has 0 spiro atoms. The van der Waals surface area contributed by atoms with Gasteiger partial charge < -0.3 is 10.1 Å². The fraction of sp³-hybridized carbons (Fsp3) is 0.250. The van der Waals surface area contributed by atoms with Crippen molar-refractivity contribution in [1.29, 1.82) is 0 Å². The van der Waals surface area contributed by atoms with Gasteiger partial charge in [-0.1, -0.05) is 66.7 Å². The summed E-state index contributed by atoms with van der Waals surface area (Å²) in [6, 6.07) is 24.4. The van der Waals surface area contributed by atoms with Crippen LogP contribution in [0.3, 0.4) is 0 Å². The molecule has 1 amide bonds. The number of carbonyl (C=O) groups excluding carboxylic acids is 1. The average Bonchev–Trinajstić information content (AvgIpc) is 2.84. The second-order valence-electron chi connectivity index (χ2n) is 8.11. The first-order valence-corrected chi connectivity index (χ1v) is 11.2. The summed E-state index contributed by atoms with van der Waals surface area (Å²) >= 11 is 0. The van der Waals surface area contributed by atoms with E-state index in [1.807, 2.05) is 42.5 Å². The Bertz CT molecular complexity index is 1080. The maximum absolute atomic E-state index is 12.9. The summed E-state index contributed by atoms with van der Waals surface area (Å²) in [5, 5.41) is 3.07. The van der Waals surface area contributed by atoms with Crippen molar-refractivity contribution in [2.24, 2.45) is 0 Å². The number of carbonyl (C=O) groups is 1. The van der Waals surface area contributed by atoms with Gasteiger partial charge >= 0.3 is 0 Å². The van der Waals surface area contributed by atoms with Crippen molar-refractivity contribution in [3.8, 4) is 5.75 Å².